The quantitative estimate of drug-likeness (QED) is 0.677. The number of benzene rings is 1. The first-order valence-electron chi connectivity index (χ1n) is 10.7. The summed E-state index contributed by atoms with van der Waals surface area (Å²) in [6.45, 7) is 5.19. The molecular formula is C23H30ClNO3. The van der Waals surface area contributed by atoms with E-state index in [0.29, 0.717) is 48.2 Å². The van der Waals surface area contributed by atoms with E-state index in [9.17, 15) is 9.59 Å². The van der Waals surface area contributed by atoms with Gasteiger partial charge in [0.05, 0.1) is 12.0 Å². The van der Waals surface area contributed by atoms with E-state index < -0.39 is 5.60 Å². The first-order chi connectivity index (χ1) is 13.4. The Kier molecular flexibility index (Phi) is 5.43. The highest BCUT2D eigenvalue weighted by atomic mass is 35.5. The van der Waals surface area contributed by atoms with E-state index in [1.807, 2.05) is 24.8 Å². The normalized spacial score (nSPS) is 22.1. The number of carbonyl (C=O) groups excluding carboxylic acids is 2. The summed E-state index contributed by atoms with van der Waals surface area (Å²) in [6, 6.07) is 1.89. The van der Waals surface area contributed by atoms with Gasteiger partial charge in [0.25, 0.3) is 0 Å². The lowest BCUT2D eigenvalue weighted by molar-refractivity contribution is -0.136. The Morgan fingerprint density at radius 3 is 2.57 bits per heavy atom. The molecule has 0 bridgehead atoms. The summed E-state index contributed by atoms with van der Waals surface area (Å²) in [7, 11) is 0. The van der Waals surface area contributed by atoms with Crippen molar-refractivity contribution >= 4 is 23.3 Å². The summed E-state index contributed by atoms with van der Waals surface area (Å²) in [5.41, 5.74) is 1.91. The van der Waals surface area contributed by atoms with Crippen molar-refractivity contribution in [3.05, 3.63) is 27.8 Å². The molecule has 1 aromatic rings. The Morgan fingerprint density at radius 1 is 1.21 bits per heavy atom. The van der Waals surface area contributed by atoms with Gasteiger partial charge < -0.3 is 9.64 Å². The molecule has 0 radical (unpaired) electrons. The Bertz CT molecular complexity index is 790. The summed E-state index contributed by atoms with van der Waals surface area (Å²) in [6.07, 6.45) is 8.73. The molecule has 1 spiro atoms. The van der Waals surface area contributed by atoms with Crippen LogP contribution in [0.2, 0.25) is 5.02 Å². The number of rotatable bonds is 2. The number of nitrogens with zero attached hydrogens (tertiary/aromatic N) is 1. The van der Waals surface area contributed by atoms with Crippen molar-refractivity contribution < 1.29 is 14.3 Å². The average Bonchev–Trinajstić information content (AvgIpc) is 2.67. The van der Waals surface area contributed by atoms with Crippen LogP contribution in [0.25, 0.3) is 0 Å². The zero-order valence-corrected chi connectivity index (χ0v) is 17.7. The molecule has 0 aromatic heterocycles. The number of Topliss-reactive ketones (excluding diaryl/α,β-unsaturated/α-hetero) is 1. The van der Waals surface area contributed by atoms with Crippen LogP contribution in [0.3, 0.4) is 0 Å². The van der Waals surface area contributed by atoms with Crippen molar-refractivity contribution in [3.63, 3.8) is 0 Å². The number of ether oxygens (including phenoxy) is 1. The van der Waals surface area contributed by atoms with Gasteiger partial charge in [0.15, 0.2) is 5.78 Å². The van der Waals surface area contributed by atoms with Crippen molar-refractivity contribution in [2.24, 2.45) is 5.92 Å². The number of fused-ring (bicyclic) bond motifs is 1. The summed E-state index contributed by atoms with van der Waals surface area (Å²) >= 11 is 6.34. The number of ketones is 1. The first kappa shape index (κ1) is 19.8. The molecule has 5 heteroatoms. The molecule has 1 aromatic carbocycles. The van der Waals surface area contributed by atoms with Crippen LogP contribution in [0.15, 0.2) is 6.07 Å². The highest BCUT2D eigenvalue weighted by Crippen LogP contribution is 2.43. The molecule has 0 unspecified atom stereocenters. The second-order valence-electron chi connectivity index (χ2n) is 8.98. The number of hydrogen-bond acceptors (Lipinski definition) is 3. The van der Waals surface area contributed by atoms with E-state index in [1.54, 1.807) is 0 Å². The molecule has 0 atom stereocenters. The van der Waals surface area contributed by atoms with Crippen molar-refractivity contribution in [1.29, 1.82) is 0 Å². The number of likely N-dealkylation sites (tertiary alicyclic amines) is 1. The van der Waals surface area contributed by atoms with Crippen LogP contribution in [-0.4, -0.2) is 35.3 Å². The molecule has 2 heterocycles. The van der Waals surface area contributed by atoms with Gasteiger partial charge in [0.1, 0.15) is 11.4 Å². The largest absolute Gasteiger partial charge is 0.486 e. The summed E-state index contributed by atoms with van der Waals surface area (Å²) in [5, 5.41) is 0.648. The van der Waals surface area contributed by atoms with Gasteiger partial charge in [0.2, 0.25) is 5.91 Å². The highest BCUT2D eigenvalue weighted by Gasteiger charge is 2.44. The van der Waals surface area contributed by atoms with Gasteiger partial charge in [-0.15, -0.1) is 0 Å². The molecule has 4 rings (SSSR count). The topological polar surface area (TPSA) is 46.6 Å². The van der Waals surface area contributed by atoms with Crippen LogP contribution in [0.4, 0.5) is 0 Å². The number of hydrogen-bond donors (Lipinski definition) is 0. The van der Waals surface area contributed by atoms with Gasteiger partial charge in [-0.25, -0.2) is 0 Å². The van der Waals surface area contributed by atoms with E-state index in [1.165, 1.54) is 32.1 Å². The first-order valence-corrected chi connectivity index (χ1v) is 11.1. The lowest BCUT2D eigenvalue weighted by Gasteiger charge is -2.44. The molecule has 0 N–H and O–H groups in total. The molecular weight excluding hydrogens is 374 g/mol. The Hall–Kier alpha value is -1.55. The fourth-order valence-corrected chi connectivity index (χ4v) is 5.36. The molecule has 2 aliphatic heterocycles. The SMILES string of the molecule is Cc1cc2c(c(C)c1Cl)C(=O)CC1(CCN(C(=O)CC3CCCCC3)CC1)O2. The third kappa shape index (κ3) is 3.68. The van der Waals surface area contributed by atoms with E-state index in [-0.39, 0.29) is 11.7 Å². The van der Waals surface area contributed by atoms with Crippen LogP contribution in [0, 0.1) is 19.8 Å². The monoisotopic (exact) mass is 403 g/mol. The van der Waals surface area contributed by atoms with Crippen molar-refractivity contribution in [2.75, 3.05) is 13.1 Å². The molecule has 1 saturated carbocycles. The van der Waals surface area contributed by atoms with E-state index in [0.717, 1.165) is 24.0 Å². The van der Waals surface area contributed by atoms with Gasteiger partial charge in [-0.2, -0.15) is 0 Å². The van der Waals surface area contributed by atoms with Crippen LogP contribution in [-0.2, 0) is 4.79 Å². The Balaban J connectivity index is 1.43. The number of amides is 1. The maximum atomic E-state index is 12.9. The van der Waals surface area contributed by atoms with Gasteiger partial charge in [-0.05, 0) is 49.8 Å². The second kappa shape index (κ2) is 7.70. The fraction of sp³-hybridized carbons (Fsp3) is 0.652. The highest BCUT2D eigenvalue weighted by molar-refractivity contribution is 6.32. The standard InChI is InChI=1S/C23H30ClNO3/c1-15-12-19-21(16(2)22(15)24)18(26)14-23(28-19)8-10-25(11-9-23)20(27)13-17-6-4-3-5-7-17/h12,17H,3-11,13-14H2,1-2H3. The second-order valence-corrected chi connectivity index (χ2v) is 9.36. The minimum absolute atomic E-state index is 0.114. The van der Waals surface area contributed by atoms with E-state index in [2.05, 4.69) is 0 Å². The van der Waals surface area contributed by atoms with Crippen LogP contribution in [0.5, 0.6) is 5.75 Å². The minimum Gasteiger partial charge on any atom is -0.486 e. The lowest BCUT2D eigenvalue weighted by Crippen LogP contribution is -2.52. The van der Waals surface area contributed by atoms with Crippen LogP contribution in [0.1, 0.15) is 79.3 Å². The Morgan fingerprint density at radius 2 is 1.89 bits per heavy atom. The third-order valence-electron chi connectivity index (χ3n) is 6.95. The zero-order valence-electron chi connectivity index (χ0n) is 17.0. The molecule has 152 valence electrons. The van der Waals surface area contributed by atoms with Crippen molar-refractivity contribution in [3.8, 4) is 5.75 Å². The van der Waals surface area contributed by atoms with E-state index in [4.69, 9.17) is 16.3 Å². The molecule has 2 fully saturated rings. The van der Waals surface area contributed by atoms with Gasteiger partial charge in [-0.1, -0.05) is 30.9 Å². The van der Waals surface area contributed by atoms with Gasteiger partial charge in [-0.3, -0.25) is 9.59 Å². The smallest absolute Gasteiger partial charge is 0.222 e. The summed E-state index contributed by atoms with van der Waals surface area (Å²) < 4.78 is 6.41. The Labute approximate surface area is 172 Å². The molecule has 28 heavy (non-hydrogen) atoms. The number of halogens is 1. The summed E-state index contributed by atoms with van der Waals surface area (Å²) in [4.78, 5) is 27.6. The molecule has 1 aliphatic carbocycles. The minimum atomic E-state index is -0.474. The number of piperidine rings is 1. The molecule has 4 nitrogen and oxygen atoms in total. The predicted octanol–water partition coefficient (Wildman–Crippen LogP) is 5.25. The maximum Gasteiger partial charge on any atom is 0.222 e. The van der Waals surface area contributed by atoms with E-state index >= 15 is 0 Å². The molecule has 1 amide bonds. The van der Waals surface area contributed by atoms with Crippen LogP contribution >= 0.6 is 11.6 Å². The van der Waals surface area contributed by atoms with Gasteiger partial charge in [0, 0.05) is 37.4 Å². The van der Waals surface area contributed by atoms with Crippen LogP contribution < -0.4 is 4.74 Å². The molecule has 1 saturated heterocycles. The van der Waals surface area contributed by atoms with Crippen molar-refractivity contribution in [1.82, 2.24) is 4.90 Å². The summed E-state index contributed by atoms with van der Waals surface area (Å²) in [5.74, 6) is 1.62. The average molecular weight is 404 g/mol. The maximum absolute atomic E-state index is 12.9. The zero-order chi connectivity index (χ0) is 19.9. The van der Waals surface area contributed by atoms with Gasteiger partial charge >= 0.3 is 0 Å². The third-order valence-corrected chi connectivity index (χ3v) is 7.53. The number of carbonyl (C=O) groups is 2. The fourth-order valence-electron chi connectivity index (χ4n) is 5.21. The molecule has 3 aliphatic rings. The van der Waals surface area contributed by atoms with Crippen molar-refractivity contribution in [2.45, 2.75) is 77.2 Å². The number of aryl methyl sites for hydroxylation is 1. The predicted molar refractivity (Wildman–Crippen MR) is 110 cm³/mol. The lowest BCUT2D eigenvalue weighted by atomic mass is 9.81.